The summed E-state index contributed by atoms with van der Waals surface area (Å²) in [5.74, 6) is 0. The van der Waals surface area contributed by atoms with E-state index in [0.717, 1.165) is 0 Å². The van der Waals surface area contributed by atoms with Gasteiger partial charge < -0.3 is 0 Å². The van der Waals surface area contributed by atoms with E-state index in [1.807, 2.05) is 45.0 Å². The van der Waals surface area contributed by atoms with Crippen LogP contribution in [0.1, 0.15) is 27.7 Å². The van der Waals surface area contributed by atoms with Crippen molar-refractivity contribution in [3.05, 3.63) is 30.5 Å². The maximum Gasteiger partial charge on any atom is 0.450 e. The van der Waals surface area contributed by atoms with Crippen LogP contribution in [0.15, 0.2) is 30.5 Å². The van der Waals surface area contributed by atoms with Gasteiger partial charge >= 0.3 is 7.94 Å². The summed E-state index contributed by atoms with van der Waals surface area (Å²) in [7, 11) is -3.60. The fourth-order valence-corrected chi connectivity index (χ4v) is 3.19. The topological polar surface area (TPSA) is 66.5 Å². The van der Waals surface area contributed by atoms with Crippen molar-refractivity contribution in [2.45, 2.75) is 33.2 Å². The van der Waals surface area contributed by atoms with Gasteiger partial charge in [0, 0.05) is 25.9 Å². The van der Waals surface area contributed by atoms with Crippen LogP contribution in [0.3, 0.4) is 0 Å². The number of aromatic nitrogens is 2. The van der Waals surface area contributed by atoms with E-state index in [1.54, 1.807) is 17.8 Å². The molecule has 1 aromatic carbocycles. The van der Waals surface area contributed by atoms with Crippen LogP contribution in [0.5, 0.6) is 0 Å². The first-order valence-electron chi connectivity index (χ1n) is 6.57. The molecule has 0 fully saturated rings. The quantitative estimate of drug-likeness (QED) is 0.668. The van der Waals surface area contributed by atoms with Gasteiger partial charge in [0.25, 0.3) is 5.30 Å². The van der Waals surface area contributed by atoms with Gasteiger partial charge in [-0.1, -0.05) is 16.8 Å². The van der Waals surface area contributed by atoms with Crippen LogP contribution in [-0.4, -0.2) is 21.5 Å². The van der Waals surface area contributed by atoms with Crippen molar-refractivity contribution < 1.29 is 19.0 Å². The molecule has 6 heteroatoms. The van der Waals surface area contributed by atoms with Gasteiger partial charge in [-0.05, 0) is 19.1 Å². The van der Waals surface area contributed by atoms with E-state index in [-0.39, 0.29) is 12.1 Å². The van der Waals surface area contributed by atoms with Crippen molar-refractivity contribution in [2.75, 3.05) is 6.61 Å². The predicted octanol–water partition coefficient (Wildman–Crippen LogP) is 1.69. The summed E-state index contributed by atoms with van der Waals surface area (Å²) in [6, 6.07) is 7.40. The monoisotopic (exact) mass is 296 g/mol. The van der Waals surface area contributed by atoms with Crippen LogP contribution < -0.4 is 9.99 Å². The number of benzene rings is 1. The Morgan fingerprint density at radius 2 is 1.90 bits per heavy atom. The molecule has 0 radical (unpaired) electrons. The van der Waals surface area contributed by atoms with Gasteiger partial charge in [-0.2, -0.15) is 14.3 Å². The number of hydrogen-bond donors (Lipinski definition) is 2. The molecule has 1 aromatic heterocycles. The van der Waals surface area contributed by atoms with Gasteiger partial charge in [0.1, 0.15) is 5.52 Å². The summed E-state index contributed by atoms with van der Waals surface area (Å²) in [6.07, 6.45) is 1.67. The SMILES string of the molecule is CCO[P+](O)(O)c1c[n+](C(C)(C)C)nc2ccccc12. The van der Waals surface area contributed by atoms with Crippen LogP contribution in [0.25, 0.3) is 10.9 Å². The lowest BCUT2D eigenvalue weighted by Gasteiger charge is -2.14. The molecule has 20 heavy (non-hydrogen) atoms. The molecule has 2 N–H and O–H groups in total. The van der Waals surface area contributed by atoms with Crippen molar-refractivity contribution in [3.63, 3.8) is 0 Å². The Balaban J connectivity index is 2.74. The Morgan fingerprint density at radius 3 is 2.50 bits per heavy atom. The van der Waals surface area contributed by atoms with Crippen molar-refractivity contribution in [1.29, 1.82) is 0 Å². The van der Waals surface area contributed by atoms with Gasteiger partial charge in [0.05, 0.1) is 12.0 Å². The molecule has 0 saturated carbocycles. The molecule has 0 saturated heterocycles. The largest absolute Gasteiger partial charge is 0.450 e. The zero-order chi connectivity index (χ0) is 15.0. The fraction of sp³-hybridized carbons (Fsp3) is 0.429. The molecule has 1 heterocycles. The molecule has 5 nitrogen and oxygen atoms in total. The number of nitrogens with zero attached hydrogens (tertiary/aromatic N) is 2. The summed E-state index contributed by atoms with van der Waals surface area (Å²) in [6.45, 7) is 8.01. The molecule has 0 amide bonds. The molecule has 2 rings (SSSR count). The zero-order valence-electron chi connectivity index (χ0n) is 12.2. The summed E-state index contributed by atoms with van der Waals surface area (Å²) in [5, 5.41) is 5.65. The second-order valence-electron chi connectivity index (χ2n) is 5.61. The molecule has 0 bridgehead atoms. The van der Waals surface area contributed by atoms with Gasteiger partial charge in [-0.25, -0.2) is 0 Å². The maximum atomic E-state index is 10.3. The Kier molecular flexibility index (Phi) is 4.07. The zero-order valence-corrected chi connectivity index (χ0v) is 13.1. The Labute approximate surface area is 119 Å². The minimum atomic E-state index is -3.60. The van der Waals surface area contributed by atoms with Crippen LogP contribution in [0.2, 0.25) is 0 Å². The Morgan fingerprint density at radius 1 is 1.25 bits per heavy atom. The first-order chi connectivity index (χ1) is 9.25. The second kappa shape index (κ2) is 5.34. The van der Waals surface area contributed by atoms with Crippen LogP contribution in [0.4, 0.5) is 0 Å². The van der Waals surface area contributed by atoms with Gasteiger partial charge in [-0.3, -0.25) is 0 Å². The summed E-state index contributed by atoms with van der Waals surface area (Å²) in [5.41, 5.74) is 0.456. The number of hydrogen-bond acceptors (Lipinski definition) is 4. The molecule has 108 valence electrons. The molecule has 0 unspecified atom stereocenters. The third-order valence-corrected chi connectivity index (χ3v) is 4.55. The van der Waals surface area contributed by atoms with Crippen LogP contribution in [0, 0.1) is 0 Å². The van der Waals surface area contributed by atoms with Gasteiger partial charge in [-0.15, -0.1) is 0 Å². The average molecular weight is 296 g/mol. The normalized spacial score (nSPS) is 12.9. The first-order valence-corrected chi connectivity index (χ1v) is 8.19. The lowest BCUT2D eigenvalue weighted by atomic mass is 10.1. The third kappa shape index (κ3) is 2.96. The van der Waals surface area contributed by atoms with E-state index in [2.05, 4.69) is 5.10 Å². The highest BCUT2D eigenvalue weighted by Gasteiger charge is 2.45. The minimum Gasteiger partial charge on any atom is -0.188 e. The molecular formula is C14H21N2O3P+2. The van der Waals surface area contributed by atoms with Crippen molar-refractivity contribution in [3.8, 4) is 0 Å². The van der Waals surface area contributed by atoms with E-state index in [0.29, 0.717) is 16.2 Å². The minimum absolute atomic E-state index is 0.243. The lowest BCUT2D eigenvalue weighted by molar-refractivity contribution is -0.803. The Hall–Kier alpha value is -1.13. The molecule has 0 aliphatic carbocycles. The number of fused-ring (bicyclic) bond motifs is 1. The third-order valence-electron chi connectivity index (χ3n) is 2.95. The highest BCUT2D eigenvalue weighted by atomic mass is 31.2. The van der Waals surface area contributed by atoms with E-state index in [9.17, 15) is 9.79 Å². The van der Waals surface area contributed by atoms with Crippen molar-refractivity contribution in [2.24, 2.45) is 0 Å². The summed E-state index contributed by atoms with van der Waals surface area (Å²) in [4.78, 5) is 20.6. The van der Waals surface area contributed by atoms with E-state index >= 15 is 0 Å². The second-order valence-corrected chi connectivity index (χ2v) is 7.44. The number of rotatable bonds is 3. The van der Waals surface area contributed by atoms with Crippen LogP contribution >= 0.6 is 7.94 Å². The van der Waals surface area contributed by atoms with Crippen molar-refractivity contribution in [1.82, 2.24) is 5.10 Å². The molecule has 0 aliphatic heterocycles. The predicted molar refractivity (Wildman–Crippen MR) is 79.6 cm³/mol. The Bertz CT molecular complexity index is 623. The molecule has 2 aromatic rings. The van der Waals surface area contributed by atoms with E-state index in [4.69, 9.17) is 4.52 Å². The van der Waals surface area contributed by atoms with E-state index < -0.39 is 7.94 Å². The smallest absolute Gasteiger partial charge is 0.188 e. The van der Waals surface area contributed by atoms with Gasteiger partial charge in [0.2, 0.25) is 6.20 Å². The van der Waals surface area contributed by atoms with Crippen LogP contribution in [-0.2, 0) is 10.1 Å². The molecule has 0 aliphatic rings. The molecule has 0 atom stereocenters. The molecule has 0 spiro atoms. The average Bonchev–Trinajstić information content (AvgIpc) is 2.36. The first kappa shape index (κ1) is 15.3. The highest BCUT2D eigenvalue weighted by Crippen LogP contribution is 2.50. The summed E-state index contributed by atoms with van der Waals surface area (Å²) >= 11 is 0. The van der Waals surface area contributed by atoms with Crippen molar-refractivity contribution >= 4 is 24.2 Å². The lowest BCUT2D eigenvalue weighted by Crippen LogP contribution is -2.54. The van der Waals surface area contributed by atoms with Gasteiger partial charge in [0.15, 0.2) is 5.54 Å². The highest BCUT2D eigenvalue weighted by molar-refractivity contribution is 7.68. The molecular weight excluding hydrogens is 275 g/mol. The standard InChI is InChI=1S/C14H21N2O3P/c1-5-19-20(17,18)13-10-16(14(2,3)4)15-12-9-7-6-8-11(12)13/h6-10,17-18H,5H2,1-4H3/q+2. The maximum absolute atomic E-state index is 10.3. The fourth-order valence-electron chi connectivity index (χ4n) is 1.93. The van der Waals surface area contributed by atoms with E-state index in [1.165, 1.54) is 0 Å². The summed E-state index contributed by atoms with van der Waals surface area (Å²) < 4.78 is 6.91.